The smallest absolute Gasteiger partial charge is 0.411 e. The number of hydrogen-bond donors (Lipinski definition) is 2. The average molecular weight is 294 g/mol. The van der Waals surface area contributed by atoms with Gasteiger partial charge in [-0.2, -0.15) is 36.4 Å². The average Bonchev–Trinajstić information content (AvgIpc) is 2.17. The predicted octanol–water partition coefficient (Wildman–Crippen LogP) is 1.85. The lowest BCUT2D eigenvalue weighted by Crippen LogP contribution is -2.60. The van der Waals surface area contributed by atoms with Crippen molar-refractivity contribution in [3.05, 3.63) is 0 Å². The van der Waals surface area contributed by atoms with Gasteiger partial charge in [-0.15, -0.1) is 0 Å². The molecule has 0 rings (SSSR count). The fourth-order valence-corrected chi connectivity index (χ4v) is 0.466. The molecule has 0 aromatic carbocycles. The molecule has 0 unspecified atom stereocenters. The molecular formula is C7H8F6MgO4. The number of aliphatic carboxylic acids is 2. The van der Waals surface area contributed by atoms with Crippen LogP contribution in [0.1, 0.15) is 0 Å². The normalized spacial score (nSPS) is 12.0. The minimum Gasteiger partial charge on any atom is -0.477 e. The number of halogens is 6. The Hall–Kier alpha value is -0.714. The van der Waals surface area contributed by atoms with Gasteiger partial charge in [0.15, 0.2) is 0 Å². The minimum absolute atomic E-state index is 0.417. The zero-order chi connectivity index (χ0) is 15.4. The summed E-state index contributed by atoms with van der Waals surface area (Å²) in [6.07, 6.45) is 0. The Morgan fingerprint density at radius 2 is 1.00 bits per heavy atom. The molecule has 0 radical (unpaired) electrons. The van der Waals surface area contributed by atoms with E-state index in [2.05, 4.69) is 10.1 Å². The molecule has 0 aliphatic heterocycles. The standard InChI is InChI=1S/C5H2F6O4.2CH3.Mg/c6-3(7,1(12)13)5(10,11)4(8,9)2(14)15;;;/h(H,12,13)(H,14,15);2*1H3;. The highest BCUT2D eigenvalue weighted by molar-refractivity contribution is 6.31. The van der Waals surface area contributed by atoms with Crippen LogP contribution in [0, 0.1) is 0 Å². The minimum atomic E-state index is -6.53. The Labute approximate surface area is 107 Å². The summed E-state index contributed by atoms with van der Waals surface area (Å²) in [5.41, 5.74) is 0. The molecule has 104 valence electrons. The molecule has 0 saturated carbocycles. The molecule has 0 bridgehead atoms. The van der Waals surface area contributed by atoms with Crippen molar-refractivity contribution in [3.8, 4) is 0 Å². The van der Waals surface area contributed by atoms with Crippen LogP contribution in [-0.2, 0) is 9.59 Å². The molecule has 18 heavy (non-hydrogen) atoms. The number of carboxylic acids is 2. The maximum Gasteiger partial charge on any atom is 0.411 e. The number of carbonyl (C=O) groups is 2. The van der Waals surface area contributed by atoms with E-state index in [1.165, 1.54) is 0 Å². The third kappa shape index (κ3) is 3.64. The van der Waals surface area contributed by atoms with Crippen molar-refractivity contribution in [2.75, 3.05) is 0 Å². The summed E-state index contributed by atoms with van der Waals surface area (Å²) < 4.78 is 72.8. The van der Waals surface area contributed by atoms with Gasteiger partial charge in [0.1, 0.15) is 0 Å². The van der Waals surface area contributed by atoms with Gasteiger partial charge in [0.25, 0.3) is 0 Å². The van der Waals surface area contributed by atoms with Crippen LogP contribution in [0.15, 0.2) is 0 Å². The highest BCUT2D eigenvalue weighted by atomic mass is 24.5. The first-order valence-corrected chi connectivity index (χ1v) is 7.23. The summed E-state index contributed by atoms with van der Waals surface area (Å²) in [5, 5.41) is 19.7. The van der Waals surface area contributed by atoms with Crippen molar-refractivity contribution in [1.82, 2.24) is 0 Å². The second kappa shape index (κ2) is 6.45. The van der Waals surface area contributed by atoms with E-state index < -0.39 is 29.7 Å². The van der Waals surface area contributed by atoms with E-state index in [1.807, 2.05) is 0 Å². The first-order valence-electron chi connectivity index (χ1n) is 4.40. The lowest BCUT2D eigenvalue weighted by atomic mass is 10.1. The van der Waals surface area contributed by atoms with Gasteiger partial charge < -0.3 is 10.2 Å². The van der Waals surface area contributed by atoms with Crippen LogP contribution in [0.5, 0.6) is 0 Å². The molecule has 11 heteroatoms. The summed E-state index contributed by atoms with van der Waals surface area (Å²) in [7, 11) is 0. The Bertz CT molecular complexity index is 291. The Morgan fingerprint density at radius 1 is 0.833 bits per heavy atom. The van der Waals surface area contributed by atoms with Crippen LogP contribution in [-0.4, -0.2) is 60.3 Å². The van der Waals surface area contributed by atoms with E-state index >= 15 is 0 Å². The zero-order valence-electron chi connectivity index (χ0n) is 9.19. The molecule has 0 aromatic heterocycles. The van der Waals surface area contributed by atoms with E-state index in [0.717, 1.165) is 0 Å². The molecule has 0 saturated heterocycles. The SMILES string of the molecule is O=C(O)C(F)(F)C(F)(F)C(F)(F)C(=O)O.[CH3][Mg][CH3]. The van der Waals surface area contributed by atoms with Gasteiger partial charge >= 0.3 is 50.1 Å². The number of carboxylic acid groups (broad SMARTS) is 2. The highest BCUT2D eigenvalue weighted by Crippen LogP contribution is 2.45. The number of alkyl halides is 6. The van der Waals surface area contributed by atoms with Crippen LogP contribution < -0.4 is 0 Å². The number of rotatable bonds is 4. The molecule has 4 nitrogen and oxygen atoms in total. The molecule has 0 spiro atoms. The van der Waals surface area contributed by atoms with E-state index in [-0.39, 0.29) is 0 Å². The maximum atomic E-state index is 12.2. The van der Waals surface area contributed by atoms with Crippen LogP contribution in [0.25, 0.3) is 0 Å². The van der Waals surface area contributed by atoms with Crippen molar-refractivity contribution in [3.63, 3.8) is 0 Å². The largest absolute Gasteiger partial charge is 0.477 e. The molecule has 0 heterocycles. The molecule has 2 N–H and O–H groups in total. The lowest BCUT2D eigenvalue weighted by molar-refractivity contribution is -0.298. The Morgan fingerprint density at radius 3 is 1.11 bits per heavy atom. The summed E-state index contributed by atoms with van der Waals surface area (Å²) >= 11 is 0.417. The van der Waals surface area contributed by atoms with Crippen LogP contribution >= 0.6 is 0 Å². The predicted molar refractivity (Wildman–Crippen MR) is 47.6 cm³/mol. The van der Waals surface area contributed by atoms with Gasteiger partial charge in [0.2, 0.25) is 0 Å². The van der Waals surface area contributed by atoms with Crippen molar-refractivity contribution < 1.29 is 46.1 Å². The maximum absolute atomic E-state index is 12.2. The fraction of sp³-hybridized carbons (Fsp3) is 0.714. The second-order valence-electron chi connectivity index (χ2n) is 3.04. The van der Waals surface area contributed by atoms with E-state index in [0.29, 0.717) is 20.4 Å². The summed E-state index contributed by atoms with van der Waals surface area (Å²) in [5.74, 6) is -26.0. The van der Waals surface area contributed by atoms with Gasteiger partial charge in [-0.25, -0.2) is 9.59 Å². The topological polar surface area (TPSA) is 74.6 Å². The highest BCUT2D eigenvalue weighted by Gasteiger charge is 2.78. The Kier molecular flexibility index (Phi) is 7.03. The van der Waals surface area contributed by atoms with Gasteiger partial charge in [0.05, 0.1) is 0 Å². The van der Waals surface area contributed by atoms with Gasteiger partial charge in [-0.05, 0) is 0 Å². The third-order valence-corrected chi connectivity index (χ3v) is 1.33. The van der Waals surface area contributed by atoms with Crippen molar-refractivity contribution >= 4 is 32.3 Å². The summed E-state index contributed by atoms with van der Waals surface area (Å²) in [4.78, 5) is 19.2. The van der Waals surface area contributed by atoms with Gasteiger partial charge in [-0.3, -0.25) is 0 Å². The molecule has 0 amide bonds. The molecule has 0 aromatic rings. The zero-order valence-corrected chi connectivity index (χ0v) is 10.6. The lowest BCUT2D eigenvalue weighted by Gasteiger charge is -2.27. The van der Waals surface area contributed by atoms with Crippen LogP contribution in [0.2, 0.25) is 10.1 Å². The van der Waals surface area contributed by atoms with Crippen molar-refractivity contribution in [2.24, 2.45) is 0 Å². The summed E-state index contributed by atoms with van der Waals surface area (Å²) in [6.45, 7) is 0. The van der Waals surface area contributed by atoms with Gasteiger partial charge in [0, 0.05) is 0 Å². The monoisotopic (exact) mass is 294 g/mol. The molecule has 0 aliphatic carbocycles. The quantitative estimate of drug-likeness (QED) is 0.613. The second-order valence-corrected chi connectivity index (χ2v) is 4.45. The fourth-order valence-electron chi connectivity index (χ4n) is 0.466. The van der Waals surface area contributed by atoms with Crippen LogP contribution in [0.4, 0.5) is 26.3 Å². The third-order valence-electron chi connectivity index (χ3n) is 1.33. The van der Waals surface area contributed by atoms with Gasteiger partial charge in [-0.1, -0.05) is 0 Å². The molecular weight excluding hydrogens is 286 g/mol. The summed E-state index contributed by atoms with van der Waals surface area (Å²) in [6, 6.07) is 0. The molecule has 0 atom stereocenters. The van der Waals surface area contributed by atoms with Crippen molar-refractivity contribution in [2.45, 2.75) is 27.9 Å². The first kappa shape index (κ1) is 19.6. The first-order chi connectivity index (χ1) is 7.80. The molecule has 0 fully saturated rings. The number of hydrogen-bond acceptors (Lipinski definition) is 2. The van der Waals surface area contributed by atoms with E-state index in [9.17, 15) is 35.9 Å². The van der Waals surface area contributed by atoms with Crippen molar-refractivity contribution in [1.29, 1.82) is 0 Å². The molecule has 0 aliphatic rings. The van der Waals surface area contributed by atoms with E-state index in [1.54, 1.807) is 0 Å². The Balaban J connectivity index is 0. The van der Waals surface area contributed by atoms with E-state index in [4.69, 9.17) is 10.2 Å². The van der Waals surface area contributed by atoms with Crippen LogP contribution in [0.3, 0.4) is 0 Å².